The molecule has 5 nitrogen and oxygen atoms in total. The highest BCUT2D eigenvalue weighted by Gasteiger charge is 2.41. The molecule has 2 N–H and O–H groups in total. The minimum absolute atomic E-state index is 0.192. The van der Waals surface area contributed by atoms with E-state index in [1.54, 1.807) is 21.3 Å². The molecule has 0 amide bonds. The first-order chi connectivity index (χ1) is 8.16. The molecule has 1 heterocycles. The number of nitrogens with zero attached hydrogens (tertiary/aromatic N) is 1. The standard InChI is InChI=1S/C11H22N2O3Si/c1-14-17(15-2,16-3)10-7-11(6-8-12)5-4-9-13-11/h4-5,9H,6-8,10,12H2,1-3H3. The maximum Gasteiger partial charge on any atom is 0.500 e. The Kier molecular flexibility index (Phi) is 5.48. The molecule has 17 heavy (non-hydrogen) atoms. The SMILES string of the molecule is CO[Si](CCC1(CCN)C=CC=N1)(OC)OC. The van der Waals surface area contributed by atoms with Gasteiger partial charge in [0.05, 0.1) is 5.54 Å². The van der Waals surface area contributed by atoms with E-state index >= 15 is 0 Å². The van der Waals surface area contributed by atoms with Gasteiger partial charge in [-0.2, -0.15) is 0 Å². The van der Waals surface area contributed by atoms with E-state index in [1.165, 1.54) is 0 Å². The Morgan fingerprint density at radius 1 is 1.18 bits per heavy atom. The average Bonchev–Trinajstić information content (AvgIpc) is 2.81. The third kappa shape index (κ3) is 3.46. The average molecular weight is 258 g/mol. The van der Waals surface area contributed by atoms with Crippen molar-refractivity contribution in [1.82, 2.24) is 0 Å². The van der Waals surface area contributed by atoms with E-state index in [-0.39, 0.29) is 5.54 Å². The summed E-state index contributed by atoms with van der Waals surface area (Å²) in [7, 11) is 2.37. The van der Waals surface area contributed by atoms with Gasteiger partial charge in [-0.1, -0.05) is 6.08 Å². The quantitative estimate of drug-likeness (QED) is 0.659. The van der Waals surface area contributed by atoms with Crippen molar-refractivity contribution in [3.8, 4) is 0 Å². The van der Waals surface area contributed by atoms with Gasteiger partial charge >= 0.3 is 8.80 Å². The van der Waals surface area contributed by atoms with E-state index < -0.39 is 8.80 Å². The smallest absolute Gasteiger partial charge is 0.377 e. The van der Waals surface area contributed by atoms with E-state index in [2.05, 4.69) is 11.1 Å². The van der Waals surface area contributed by atoms with Crippen molar-refractivity contribution in [2.45, 2.75) is 24.4 Å². The van der Waals surface area contributed by atoms with E-state index in [0.717, 1.165) is 18.9 Å². The lowest BCUT2D eigenvalue weighted by atomic mass is 9.94. The second-order valence-corrected chi connectivity index (χ2v) is 7.17. The molecule has 0 saturated carbocycles. The van der Waals surface area contributed by atoms with Crippen molar-refractivity contribution >= 4 is 15.0 Å². The lowest BCUT2D eigenvalue weighted by Gasteiger charge is -2.29. The molecule has 0 aromatic heterocycles. The molecule has 0 aromatic carbocycles. The minimum atomic E-state index is -2.51. The molecular weight excluding hydrogens is 236 g/mol. The highest BCUT2D eigenvalue weighted by Crippen LogP contribution is 2.30. The number of hydrogen-bond acceptors (Lipinski definition) is 5. The van der Waals surface area contributed by atoms with E-state index in [1.807, 2.05) is 12.3 Å². The van der Waals surface area contributed by atoms with Crippen molar-refractivity contribution < 1.29 is 13.3 Å². The van der Waals surface area contributed by atoms with E-state index in [0.29, 0.717) is 6.54 Å². The normalized spacial score (nSPS) is 23.5. The molecule has 1 unspecified atom stereocenters. The first-order valence-corrected chi connectivity index (χ1v) is 7.68. The van der Waals surface area contributed by atoms with Gasteiger partial charge in [0, 0.05) is 33.6 Å². The summed E-state index contributed by atoms with van der Waals surface area (Å²) in [6.45, 7) is 0.614. The van der Waals surface area contributed by atoms with Gasteiger partial charge in [-0.15, -0.1) is 0 Å². The maximum atomic E-state index is 5.64. The summed E-state index contributed by atoms with van der Waals surface area (Å²) in [5.41, 5.74) is 5.45. The Balaban J connectivity index is 2.63. The number of rotatable bonds is 8. The largest absolute Gasteiger partial charge is 0.500 e. The molecule has 0 aromatic rings. The molecule has 0 aliphatic carbocycles. The number of aliphatic imine (C=N–C) groups is 1. The zero-order valence-corrected chi connectivity index (χ0v) is 11.8. The molecular formula is C11H22N2O3Si. The van der Waals surface area contributed by atoms with Gasteiger partial charge in [-0.05, 0) is 25.5 Å². The second-order valence-electron chi connectivity index (χ2n) is 4.07. The van der Waals surface area contributed by atoms with Gasteiger partial charge < -0.3 is 19.0 Å². The minimum Gasteiger partial charge on any atom is -0.377 e. The summed E-state index contributed by atoms with van der Waals surface area (Å²) < 4.78 is 16.2. The fraction of sp³-hybridized carbons (Fsp3) is 0.727. The third-order valence-electron chi connectivity index (χ3n) is 3.20. The van der Waals surface area contributed by atoms with Gasteiger partial charge in [0.25, 0.3) is 0 Å². The predicted octanol–water partition coefficient (Wildman–Crippen LogP) is 0.983. The Hall–Kier alpha value is -0.533. The van der Waals surface area contributed by atoms with Crippen LogP contribution in [0.3, 0.4) is 0 Å². The summed E-state index contributed by atoms with van der Waals surface area (Å²) in [6.07, 6.45) is 7.55. The van der Waals surface area contributed by atoms with Gasteiger partial charge in [0.2, 0.25) is 0 Å². The Bertz CT molecular complexity index is 270. The first kappa shape index (κ1) is 14.5. The van der Waals surface area contributed by atoms with E-state index in [9.17, 15) is 0 Å². The second kappa shape index (κ2) is 6.41. The van der Waals surface area contributed by atoms with Crippen LogP contribution in [-0.2, 0) is 13.3 Å². The zero-order chi connectivity index (χ0) is 12.8. The molecule has 0 saturated heterocycles. The van der Waals surface area contributed by atoms with Gasteiger partial charge in [-0.25, -0.2) is 0 Å². The Morgan fingerprint density at radius 2 is 1.82 bits per heavy atom. The first-order valence-electron chi connectivity index (χ1n) is 5.74. The van der Waals surface area contributed by atoms with Crippen molar-refractivity contribution in [2.75, 3.05) is 27.9 Å². The molecule has 1 rings (SSSR count). The molecule has 6 heteroatoms. The number of allylic oxidation sites excluding steroid dienone is 1. The Morgan fingerprint density at radius 3 is 2.24 bits per heavy atom. The van der Waals surface area contributed by atoms with Crippen LogP contribution in [0.15, 0.2) is 17.1 Å². The lowest BCUT2D eigenvalue weighted by Crippen LogP contribution is -2.44. The zero-order valence-electron chi connectivity index (χ0n) is 10.8. The van der Waals surface area contributed by atoms with Crippen LogP contribution in [0.1, 0.15) is 12.8 Å². The summed E-state index contributed by atoms with van der Waals surface area (Å²) in [6, 6.07) is 0.734. The number of hydrogen-bond donors (Lipinski definition) is 1. The highest BCUT2D eigenvalue weighted by molar-refractivity contribution is 6.60. The summed E-state index contributed by atoms with van der Waals surface area (Å²) in [5, 5.41) is 0. The van der Waals surface area contributed by atoms with Crippen molar-refractivity contribution in [3.63, 3.8) is 0 Å². The number of nitrogens with two attached hydrogens (primary N) is 1. The van der Waals surface area contributed by atoms with Crippen molar-refractivity contribution in [2.24, 2.45) is 10.7 Å². The molecule has 0 bridgehead atoms. The fourth-order valence-electron chi connectivity index (χ4n) is 2.05. The third-order valence-corrected chi connectivity index (χ3v) is 5.93. The van der Waals surface area contributed by atoms with Gasteiger partial charge in [0.15, 0.2) is 0 Å². The molecule has 0 fully saturated rings. The van der Waals surface area contributed by atoms with Crippen LogP contribution >= 0.6 is 0 Å². The van der Waals surface area contributed by atoms with Crippen molar-refractivity contribution in [1.29, 1.82) is 0 Å². The molecule has 1 aliphatic heterocycles. The van der Waals surface area contributed by atoms with Crippen LogP contribution in [0, 0.1) is 0 Å². The molecule has 1 atom stereocenters. The van der Waals surface area contributed by atoms with Crippen molar-refractivity contribution in [3.05, 3.63) is 12.2 Å². The Labute approximate surface area is 104 Å². The maximum absolute atomic E-state index is 5.64. The summed E-state index contributed by atoms with van der Waals surface area (Å²) in [4.78, 5) is 4.50. The highest BCUT2D eigenvalue weighted by atomic mass is 28.4. The molecule has 0 spiro atoms. The predicted molar refractivity (Wildman–Crippen MR) is 70.2 cm³/mol. The summed E-state index contributed by atoms with van der Waals surface area (Å²) >= 11 is 0. The molecule has 98 valence electrons. The molecule has 0 radical (unpaired) electrons. The van der Waals surface area contributed by atoms with Crippen LogP contribution in [0.5, 0.6) is 0 Å². The van der Waals surface area contributed by atoms with Crippen LogP contribution in [0.25, 0.3) is 0 Å². The monoisotopic (exact) mass is 258 g/mol. The summed E-state index contributed by atoms with van der Waals surface area (Å²) in [5.74, 6) is 0. The van der Waals surface area contributed by atoms with Crippen LogP contribution in [-0.4, -0.2) is 48.4 Å². The fourth-order valence-corrected chi connectivity index (χ4v) is 3.90. The van der Waals surface area contributed by atoms with Crippen LogP contribution < -0.4 is 5.73 Å². The topological polar surface area (TPSA) is 66.1 Å². The van der Waals surface area contributed by atoms with Gasteiger partial charge in [-0.3, -0.25) is 4.99 Å². The van der Waals surface area contributed by atoms with Crippen LogP contribution in [0.4, 0.5) is 0 Å². The van der Waals surface area contributed by atoms with Crippen LogP contribution in [0.2, 0.25) is 6.04 Å². The molecule has 1 aliphatic rings. The lowest BCUT2D eigenvalue weighted by molar-refractivity contribution is 0.121. The van der Waals surface area contributed by atoms with Gasteiger partial charge in [0.1, 0.15) is 0 Å². The van der Waals surface area contributed by atoms with E-state index in [4.69, 9.17) is 19.0 Å².